The fraction of sp³-hybridized carbons (Fsp3) is 0.231. The molecule has 0 saturated carbocycles. The van der Waals surface area contributed by atoms with Gasteiger partial charge in [-0.1, -0.05) is 69.0 Å². The Hall–Kier alpha value is -3.56. The van der Waals surface area contributed by atoms with E-state index in [1.54, 1.807) is 13.8 Å². The van der Waals surface area contributed by atoms with E-state index in [0.717, 1.165) is 11.1 Å². The molecule has 0 saturated heterocycles. The molecule has 35 heavy (non-hydrogen) atoms. The maximum Gasteiger partial charge on any atom is 0.272 e. The molecule has 2 unspecified atom stereocenters. The van der Waals surface area contributed by atoms with Crippen LogP contribution in [0.3, 0.4) is 0 Å². The molecule has 4 N–H and O–H groups in total. The number of aliphatic imine (C=N–C) groups is 2. The fourth-order valence-corrected chi connectivity index (χ4v) is 4.34. The summed E-state index contributed by atoms with van der Waals surface area (Å²) in [6.07, 6.45) is -2.20. The molecule has 4 rings (SSSR count). The van der Waals surface area contributed by atoms with Crippen molar-refractivity contribution in [2.45, 2.75) is 26.2 Å². The van der Waals surface area contributed by atoms with E-state index in [1.165, 1.54) is 0 Å². The number of carbonyl (C=O) groups excluding carboxylic acids is 2. The zero-order valence-electron chi connectivity index (χ0n) is 19.4. The minimum atomic E-state index is -1.19. The third kappa shape index (κ3) is 5.26. The van der Waals surface area contributed by atoms with Gasteiger partial charge in [-0.25, -0.2) is 0 Å². The Bertz CT molecular complexity index is 1270. The molecule has 2 aromatic rings. The zero-order valence-corrected chi connectivity index (χ0v) is 21.0. The van der Waals surface area contributed by atoms with Crippen molar-refractivity contribution in [2.75, 3.05) is 11.9 Å². The number of nitrogens with zero attached hydrogens (tertiary/aromatic N) is 2. The molecule has 9 heteroatoms. The highest BCUT2D eigenvalue weighted by molar-refractivity contribution is 9.12. The second-order valence-corrected chi connectivity index (χ2v) is 9.29. The molecule has 0 radical (unpaired) electrons. The molecular formula is C26H26BrN5O3. The Balaban J connectivity index is 1.65. The highest BCUT2D eigenvalue weighted by atomic mass is 79.9. The van der Waals surface area contributed by atoms with E-state index >= 15 is 0 Å². The van der Waals surface area contributed by atoms with Gasteiger partial charge in [0.2, 0.25) is 5.91 Å². The summed E-state index contributed by atoms with van der Waals surface area (Å²) in [5.41, 5.74) is 4.07. The third-order valence-electron chi connectivity index (χ3n) is 5.58. The number of rotatable bonds is 5. The summed E-state index contributed by atoms with van der Waals surface area (Å²) in [6.45, 7) is 7.65. The van der Waals surface area contributed by atoms with Crippen molar-refractivity contribution >= 4 is 44.9 Å². The van der Waals surface area contributed by atoms with Crippen LogP contribution in [0.15, 0.2) is 86.9 Å². The van der Waals surface area contributed by atoms with Crippen LogP contribution in [0.1, 0.15) is 25.0 Å². The highest BCUT2D eigenvalue weighted by Gasteiger charge is 2.31. The number of amides is 2. The summed E-state index contributed by atoms with van der Waals surface area (Å²) in [4.78, 5) is 34.6. The molecule has 2 aliphatic rings. The van der Waals surface area contributed by atoms with Gasteiger partial charge >= 0.3 is 0 Å². The van der Waals surface area contributed by atoms with E-state index in [1.807, 2.05) is 54.6 Å². The number of carbonyl (C=O) groups is 2. The van der Waals surface area contributed by atoms with Crippen molar-refractivity contribution in [2.24, 2.45) is 15.9 Å². The Morgan fingerprint density at radius 2 is 1.83 bits per heavy atom. The monoisotopic (exact) mass is 535 g/mol. The van der Waals surface area contributed by atoms with Gasteiger partial charge in [0.15, 0.2) is 12.4 Å². The van der Waals surface area contributed by atoms with Crippen molar-refractivity contribution in [3.05, 3.63) is 88.1 Å². The summed E-state index contributed by atoms with van der Waals surface area (Å²) in [5, 5.41) is 19.5. The van der Waals surface area contributed by atoms with Crippen LogP contribution in [0, 0.1) is 5.92 Å². The number of anilines is 1. The number of benzodiazepines with no additional fused rings is 1. The van der Waals surface area contributed by atoms with E-state index in [2.05, 4.69) is 43.5 Å². The second-order valence-electron chi connectivity index (χ2n) is 8.50. The van der Waals surface area contributed by atoms with Gasteiger partial charge in [0.1, 0.15) is 5.71 Å². The number of nitrogens with one attached hydrogen (secondary N) is 3. The number of para-hydroxylation sites is 1. The topological polar surface area (TPSA) is 115 Å². The number of aliphatic hydroxyl groups is 1. The lowest BCUT2D eigenvalue weighted by Crippen LogP contribution is -2.48. The van der Waals surface area contributed by atoms with Crippen molar-refractivity contribution in [1.82, 2.24) is 10.6 Å². The standard InChI is InChI=1S/C26H26BrN5O3/c1-14(2)24(33)31-20-15(3)13-28-22(19(20)27)25(34)32-23-26(35)29-18-12-8-7-11-17(18)21(30-23)16-9-5-4-6-10-16/h4-12,14,23,26,29,35H,3,13H2,1-2H3,(H,31,33)(H,32,34). The lowest BCUT2D eigenvalue weighted by atomic mass is 10.0. The molecule has 2 aromatic carbocycles. The quantitative estimate of drug-likeness (QED) is 0.470. The molecule has 2 amide bonds. The molecule has 0 spiro atoms. The predicted molar refractivity (Wildman–Crippen MR) is 140 cm³/mol. The van der Waals surface area contributed by atoms with Crippen LogP contribution in [-0.2, 0) is 9.59 Å². The van der Waals surface area contributed by atoms with Gasteiger partial charge in [0.25, 0.3) is 5.91 Å². The van der Waals surface area contributed by atoms with Crippen LogP contribution in [0.2, 0.25) is 0 Å². The number of aliphatic hydroxyl groups excluding tert-OH is 1. The van der Waals surface area contributed by atoms with Crippen molar-refractivity contribution in [3.63, 3.8) is 0 Å². The smallest absolute Gasteiger partial charge is 0.272 e. The summed E-state index contributed by atoms with van der Waals surface area (Å²) in [7, 11) is 0. The molecular weight excluding hydrogens is 510 g/mol. The van der Waals surface area contributed by atoms with Crippen molar-refractivity contribution in [3.8, 4) is 0 Å². The molecule has 0 aromatic heterocycles. The molecule has 180 valence electrons. The van der Waals surface area contributed by atoms with Crippen molar-refractivity contribution in [1.29, 1.82) is 0 Å². The van der Waals surface area contributed by atoms with Gasteiger partial charge in [-0.05, 0) is 27.6 Å². The van der Waals surface area contributed by atoms with Gasteiger partial charge in [0, 0.05) is 22.7 Å². The number of hydrogen-bond donors (Lipinski definition) is 4. The molecule has 0 bridgehead atoms. The number of benzene rings is 2. The predicted octanol–water partition coefficient (Wildman–Crippen LogP) is 3.10. The van der Waals surface area contributed by atoms with Crippen LogP contribution in [0.5, 0.6) is 0 Å². The molecule has 8 nitrogen and oxygen atoms in total. The van der Waals surface area contributed by atoms with Gasteiger partial charge in [-0.3, -0.25) is 19.6 Å². The van der Waals surface area contributed by atoms with Gasteiger partial charge in [-0.2, -0.15) is 0 Å². The molecule has 2 atom stereocenters. The molecule has 2 heterocycles. The van der Waals surface area contributed by atoms with E-state index in [9.17, 15) is 14.7 Å². The van der Waals surface area contributed by atoms with Crippen LogP contribution in [-0.4, -0.2) is 47.3 Å². The zero-order chi connectivity index (χ0) is 25.1. The van der Waals surface area contributed by atoms with Crippen LogP contribution in [0.25, 0.3) is 0 Å². The lowest BCUT2D eigenvalue weighted by Gasteiger charge is -2.24. The van der Waals surface area contributed by atoms with E-state index in [0.29, 0.717) is 27.2 Å². The summed E-state index contributed by atoms with van der Waals surface area (Å²) in [6, 6.07) is 17.1. The Morgan fingerprint density at radius 1 is 1.14 bits per heavy atom. The SMILES string of the molecule is C=C1CN=C(C(=O)NC2N=C(c3ccccc3)c3ccccc3NC2O)C(Br)=C1NC(=O)C(C)C. The fourth-order valence-electron chi connectivity index (χ4n) is 3.65. The maximum atomic E-state index is 13.3. The number of dihydropyridines is 1. The normalized spacial score (nSPS) is 19.7. The first kappa shape index (κ1) is 24.6. The summed E-state index contributed by atoms with van der Waals surface area (Å²) in [5.74, 6) is -0.988. The first-order chi connectivity index (χ1) is 16.8. The van der Waals surface area contributed by atoms with E-state index in [-0.39, 0.29) is 24.1 Å². The summed E-state index contributed by atoms with van der Waals surface area (Å²) < 4.78 is 0.326. The Labute approximate surface area is 212 Å². The molecule has 0 aliphatic carbocycles. The number of halogens is 1. The summed E-state index contributed by atoms with van der Waals surface area (Å²) >= 11 is 3.41. The Kier molecular flexibility index (Phi) is 7.28. The van der Waals surface area contributed by atoms with E-state index in [4.69, 9.17) is 4.99 Å². The lowest BCUT2D eigenvalue weighted by molar-refractivity contribution is -0.123. The first-order valence-electron chi connectivity index (χ1n) is 11.2. The van der Waals surface area contributed by atoms with Gasteiger partial charge in [0.05, 0.1) is 22.4 Å². The number of fused-ring (bicyclic) bond motifs is 1. The van der Waals surface area contributed by atoms with Crippen LogP contribution < -0.4 is 16.0 Å². The van der Waals surface area contributed by atoms with Crippen LogP contribution >= 0.6 is 15.9 Å². The first-order valence-corrected chi connectivity index (χ1v) is 12.0. The number of hydrogen-bond acceptors (Lipinski definition) is 6. The minimum absolute atomic E-state index is 0.0851. The average Bonchev–Trinajstić information content (AvgIpc) is 2.98. The van der Waals surface area contributed by atoms with Gasteiger partial charge < -0.3 is 21.1 Å². The average molecular weight is 536 g/mol. The minimum Gasteiger partial charge on any atom is -0.370 e. The van der Waals surface area contributed by atoms with E-state index < -0.39 is 18.3 Å². The third-order valence-corrected chi connectivity index (χ3v) is 6.35. The highest BCUT2D eigenvalue weighted by Crippen LogP contribution is 2.26. The van der Waals surface area contributed by atoms with Crippen LogP contribution in [0.4, 0.5) is 5.69 Å². The van der Waals surface area contributed by atoms with Crippen molar-refractivity contribution < 1.29 is 14.7 Å². The second kappa shape index (κ2) is 10.4. The van der Waals surface area contributed by atoms with Gasteiger partial charge in [-0.15, -0.1) is 0 Å². The Morgan fingerprint density at radius 3 is 2.54 bits per heavy atom. The molecule has 2 aliphatic heterocycles. The maximum absolute atomic E-state index is 13.3. The molecule has 0 fully saturated rings. The largest absolute Gasteiger partial charge is 0.370 e.